The summed E-state index contributed by atoms with van der Waals surface area (Å²) in [6.07, 6.45) is 0. The highest BCUT2D eigenvalue weighted by atomic mass is 16.5. The van der Waals surface area contributed by atoms with Crippen LogP contribution in [-0.2, 0) is 16.1 Å². The molecule has 1 aromatic heterocycles. The number of hydrogen-bond donors (Lipinski definition) is 3. The second kappa shape index (κ2) is 8.02. The quantitative estimate of drug-likeness (QED) is 0.602. The van der Waals surface area contributed by atoms with Crippen molar-refractivity contribution >= 4 is 28.7 Å². The molecule has 0 bridgehead atoms. The number of nitrogens with zero attached hydrogens (tertiary/aromatic N) is 2. The minimum absolute atomic E-state index is 0.118. The molecule has 0 spiro atoms. The molecule has 0 aliphatic heterocycles. The van der Waals surface area contributed by atoms with Crippen molar-refractivity contribution in [3.63, 3.8) is 0 Å². The Morgan fingerprint density at radius 1 is 1.24 bits per heavy atom. The molecule has 25 heavy (non-hydrogen) atoms. The zero-order chi connectivity index (χ0) is 18.4. The summed E-state index contributed by atoms with van der Waals surface area (Å²) >= 11 is 0. The number of aromatic carboxylic acids is 1. The number of carboxylic acids is 1. The summed E-state index contributed by atoms with van der Waals surface area (Å²) in [5.41, 5.74) is -0.983. The topological polar surface area (TPSA) is 140 Å². The number of urea groups is 1. The van der Waals surface area contributed by atoms with Gasteiger partial charge in [-0.1, -0.05) is 18.2 Å². The molecule has 3 amide bonds. The molecule has 0 atom stereocenters. The monoisotopic (exact) mass is 348 g/mol. The number of fused-ring (bicyclic) bond motifs is 1. The predicted molar refractivity (Wildman–Crippen MR) is 86.4 cm³/mol. The van der Waals surface area contributed by atoms with Gasteiger partial charge in [0.2, 0.25) is 5.91 Å². The molecular weight excluding hydrogens is 332 g/mol. The van der Waals surface area contributed by atoms with Crippen molar-refractivity contribution in [2.24, 2.45) is 0 Å². The summed E-state index contributed by atoms with van der Waals surface area (Å²) in [4.78, 5) is 47.0. The van der Waals surface area contributed by atoms with Gasteiger partial charge < -0.3 is 15.2 Å². The first kappa shape index (κ1) is 18.1. The number of benzene rings is 1. The molecule has 0 aliphatic rings. The third-order valence-electron chi connectivity index (χ3n) is 3.21. The maximum Gasteiger partial charge on any atom is 0.357 e. The van der Waals surface area contributed by atoms with E-state index in [1.54, 1.807) is 12.1 Å². The van der Waals surface area contributed by atoms with E-state index in [2.05, 4.69) is 10.4 Å². The third kappa shape index (κ3) is 4.38. The Labute approximate surface area is 141 Å². The highest BCUT2D eigenvalue weighted by molar-refractivity contribution is 6.01. The Hall–Kier alpha value is -3.27. The molecule has 0 fully saturated rings. The van der Waals surface area contributed by atoms with Crippen LogP contribution in [0.1, 0.15) is 10.5 Å². The van der Waals surface area contributed by atoms with Gasteiger partial charge in [0.1, 0.15) is 6.54 Å². The third-order valence-corrected chi connectivity index (χ3v) is 3.21. The van der Waals surface area contributed by atoms with Crippen molar-refractivity contribution in [2.75, 3.05) is 20.3 Å². The van der Waals surface area contributed by atoms with E-state index in [-0.39, 0.29) is 29.6 Å². The van der Waals surface area contributed by atoms with Gasteiger partial charge in [-0.15, -0.1) is 0 Å². The molecule has 0 radical (unpaired) electrons. The Morgan fingerprint density at radius 2 is 1.92 bits per heavy atom. The highest BCUT2D eigenvalue weighted by Crippen LogP contribution is 2.12. The number of carboxylic acid groups (broad SMARTS) is 1. The number of nitrogens with one attached hydrogen (secondary N) is 2. The first-order chi connectivity index (χ1) is 11.9. The van der Waals surface area contributed by atoms with Gasteiger partial charge in [0, 0.05) is 19.0 Å². The molecule has 0 saturated carbocycles. The van der Waals surface area contributed by atoms with E-state index in [4.69, 9.17) is 4.74 Å². The van der Waals surface area contributed by atoms with Crippen molar-refractivity contribution in [3.8, 4) is 0 Å². The van der Waals surface area contributed by atoms with Crippen LogP contribution in [0.25, 0.3) is 10.8 Å². The summed E-state index contributed by atoms with van der Waals surface area (Å²) in [7, 11) is 1.46. The minimum atomic E-state index is -1.33. The van der Waals surface area contributed by atoms with E-state index in [0.717, 1.165) is 0 Å². The maximum atomic E-state index is 12.3. The van der Waals surface area contributed by atoms with E-state index in [1.165, 1.54) is 19.2 Å². The van der Waals surface area contributed by atoms with E-state index in [1.807, 2.05) is 5.32 Å². The van der Waals surface area contributed by atoms with Crippen molar-refractivity contribution in [1.29, 1.82) is 0 Å². The SMILES string of the molecule is COCCNC(=O)NC(=O)Cn1nc(C(=O)O)c2ccccc2c1=O. The molecule has 1 heterocycles. The van der Waals surface area contributed by atoms with Gasteiger partial charge in [-0.25, -0.2) is 14.3 Å². The number of hydrogen-bond acceptors (Lipinski definition) is 6. The fourth-order valence-electron chi connectivity index (χ4n) is 2.11. The summed E-state index contributed by atoms with van der Waals surface area (Å²) < 4.78 is 5.46. The lowest BCUT2D eigenvalue weighted by Crippen LogP contribution is -2.43. The number of rotatable bonds is 6. The molecule has 0 saturated heterocycles. The van der Waals surface area contributed by atoms with Crippen molar-refractivity contribution in [2.45, 2.75) is 6.54 Å². The lowest BCUT2D eigenvalue weighted by Gasteiger charge is -2.09. The largest absolute Gasteiger partial charge is 0.476 e. The summed E-state index contributed by atoms with van der Waals surface area (Å²) in [5.74, 6) is -2.14. The number of ether oxygens (including phenoxy) is 1. The molecular formula is C15H16N4O6. The van der Waals surface area contributed by atoms with Crippen molar-refractivity contribution in [3.05, 3.63) is 40.3 Å². The fourth-order valence-corrected chi connectivity index (χ4v) is 2.11. The normalized spacial score (nSPS) is 10.4. The lowest BCUT2D eigenvalue weighted by atomic mass is 10.1. The number of imide groups is 1. The number of carbonyl (C=O) groups excluding carboxylic acids is 2. The Bertz CT molecular complexity index is 876. The van der Waals surface area contributed by atoms with Gasteiger partial charge >= 0.3 is 12.0 Å². The van der Waals surface area contributed by atoms with Crippen molar-refractivity contribution < 1.29 is 24.2 Å². The molecule has 1 aromatic carbocycles. The standard InChI is InChI=1S/C15H16N4O6/c1-25-7-6-16-15(24)17-11(20)8-19-13(21)10-5-3-2-4-9(10)12(18-19)14(22)23/h2-5H,6-8H2,1H3,(H,22,23)(H2,16,17,20,24). The summed E-state index contributed by atoms with van der Waals surface area (Å²) in [6.45, 7) is -0.121. The molecule has 10 nitrogen and oxygen atoms in total. The van der Waals surface area contributed by atoms with Gasteiger partial charge in [0.25, 0.3) is 5.56 Å². The van der Waals surface area contributed by atoms with Crippen LogP contribution in [0.15, 0.2) is 29.1 Å². The smallest absolute Gasteiger partial charge is 0.357 e. The van der Waals surface area contributed by atoms with Crippen LogP contribution in [0.3, 0.4) is 0 Å². The molecule has 0 aliphatic carbocycles. The van der Waals surface area contributed by atoms with E-state index >= 15 is 0 Å². The number of amides is 3. The summed E-state index contributed by atoms with van der Waals surface area (Å²) in [6, 6.07) is 5.30. The highest BCUT2D eigenvalue weighted by Gasteiger charge is 2.17. The average molecular weight is 348 g/mol. The van der Waals surface area contributed by atoms with Crippen molar-refractivity contribution in [1.82, 2.24) is 20.4 Å². The Balaban J connectivity index is 2.22. The second-order valence-electron chi connectivity index (χ2n) is 4.96. The zero-order valence-corrected chi connectivity index (χ0v) is 13.3. The van der Waals surface area contributed by atoms with E-state index in [0.29, 0.717) is 4.68 Å². The van der Waals surface area contributed by atoms with Crippen LogP contribution >= 0.6 is 0 Å². The van der Waals surface area contributed by atoms with Gasteiger partial charge in [-0.3, -0.25) is 14.9 Å². The molecule has 10 heteroatoms. The second-order valence-corrected chi connectivity index (χ2v) is 4.96. The maximum absolute atomic E-state index is 12.3. The van der Waals surface area contributed by atoms with Gasteiger partial charge in [-0.05, 0) is 6.07 Å². The number of aromatic nitrogens is 2. The van der Waals surface area contributed by atoms with Gasteiger partial charge in [0.05, 0.1) is 12.0 Å². The molecule has 3 N–H and O–H groups in total. The van der Waals surface area contributed by atoms with Crippen LogP contribution in [-0.4, -0.2) is 53.1 Å². The van der Waals surface area contributed by atoms with Crippen LogP contribution in [0.4, 0.5) is 4.79 Å². The summed E-state index contributed by atoms with van der Waals surface area (Å²) in [5, 5.41) is 17.6. The molecule has 2 aromatic rings. The first-order valence-corrected chi connectivity index (χ1v) is 7.23. The van der Waals surface area contributed by atoms with E-state index < -0.39 is 30.0 Å². The molecule has 0 unspecified atom stereocenters. The molecule has 2 rings (SSSR count). The van der Waals surface area contributed by atoms with Crippen LogP contribution in [0.2, 0.25) is 0 Å². The van der Waals surface area contributed by atoms with Crippen LogP contribution < -0.4 is 16.2 Å². The Morgan fingerprint density at radius 3 is 2.56 bits per heavy atom. The van der Waals surface area contributed by atoms with Crippen LogP contribution in [0, 0.1) is 0 Å². The van der Waals surface area contributed by atoms with Crippen LogP contribution in [0.5, 0.6) is 0 Å². The zero-order valence-electron chi connectivity index (χ0n) is 13.3. The average Bonchev–Trinajstić information content (AvgIpc) is 2.57. The number of methoxy groups -OCH3 is 1. The van der Waals surface area contributed by atoms with Gasteiger partial charge in [-0.2, -0.15) is 5.10 Å². The number of carbonyl (C=O) groups is 3. The van der Waals surface area contributed by atoms with Gasteiger partial charge in [0.15, 0.2) is 5.69 Å². The lowest BCUT2D eigenvalue weighted by molar-refractivity contribution is -0.120. The first-order valence-electron chi connectivity index (χ1n) is 7.23. The fraction of sp³-hybridized carbons (Fsp3) is 0.267. The Kier molecular flexibility index (Phi) is 5.79. The molecule has 132 valence electrons. The van der Waals surface area contributed by atoms with E-state index in [9.17, 15) is 24.3 Å². The minimum Gasteiger partial charge on any atom is -0.476 e. The predicted octanol–water partition coefficient (Wildman–Crippen LogP) is -0.433.